The number of aliphatic hydroxyl groups is 1. The van der Waals surface area contributed by atoms with Crippen LogP contribution < -0.4 is 0 Å². The van der Waals surface area contributed by atoms with Gasteiger partial charge in [-0.15, -0.1) is 0 Å². The van der Waals surface area contributed by atoms with Crippen LogP contribution in [-0.2, 0) is 9.84 Å². The van der Waals surface area contributed by atoms with Gasteiger partial charge < -0.3 is 5.11 Å². The Kier molecular flexibility index (Phi) is 3.19. The smallest absolute Gasteiger partial charge is 0.151 e. The Hall–Kier alpha value is -0.130. The molecule has 0 aromatic heterocycles. The van der Waals surface area contributed by atoms with E-state index >= 15 is 0 Å². The molecule has 1 N–H and O–H groups in total. The number of sulfone groups is 1. The molecule has 3 fully saturated rings. The Labute approximate surface area is 109 Å². The molecule has 1 saturated carbocycles. The lowest BCUT2D eigenvalue weighted by atomic mass is 9.71. The van der Waals surface area contributed by atoms with Crippen LogP contribution in [0.5, 0.6) is 0 Å². The molecule has 0 aromatic carbocycles. The Morgan fingerprint density at radius 2 is 2.00 bits per heavy atom. The molecule has 3 atom stereocenters. The average molecular weight is 273 g/mol. The zero-order valence-corrected chi connectivity index (χ0v) is 11.7. The Morgan fingerprint density at radius 1 is 1.17 bits per heavy atom. The van der Waals surface area contributed by atoms with Crippen molar-refractivity contribution < 1.29 is 13.5 Å². The molecule has 3 unspecified atom stereocenters. The van der Waals surface area contributed by atoms with E-state index in [0.29, 0.717) is 17.4 Å². The van der Waals surface area contributed by atoms with Gasteiger partial charge in [-0.3, -0.25) is 4.90 Å². The van der Waals surface area contributed by atoms with Crippen molar-refractivity contribution in [3.05, 3.63) is 0 Å². The minimum atomic E-state index is -2.79. The minimum absolute atomic E-state index is 0.210. The summed E-state index contributed by atoms with van der Waals surface area (Å²) in [6.45, 7) is 1.77. The van der Waals surface area contributed by atoms with E-state index in [1.54, 1.807) is 0 Å². The molecule has 3 rings (SSSR count). The quantitative estimate of drug-likeness (QED) is 0.768. The summed E-state index contributed by atoms with van der Waals surface area (Å²) in [5.41, 5.74) is -0.452. The maximum Gasteiger partial charge on any atom is 0.151 e. The van der Waals surface area contributed by atoms with Crippen LogP contribution in [0.1, 0.15) is 38.5 Å². The maximum atomic E-state index is 11.6. The minimum Gasteiger partial charge on any atom is -0.390 e. The van der Waals surface area contributed by atoms with Gasteiger partial charge in [-0.2, -0.15) is 0 Å². The molecular weight excluding hydrogens is 250 g/mol. The van der Waals surface area contributed by atoms with Gasteiger partial charge in [0.05, 0.1) is 17.1 Å². The topological polar surface area (TPSA) is 57.6 Å². The van der Waals surface area contributed by atoms with E-state index < -0.39 is 15.4 Å². The lowest BCUT2D eigenvalue weighted by molar-refractivity contribution is -0.101. The van der Waals surface area contributed by atoms with Crippen LogP contribution in [0.2, 0.25) is 0 Å². The van der Waals surface area contributed by atoms with Crippen LogP contribution in [0.3, 0.4) is 0 Å². The first kappa shape index (κ1) is 12.9. The third-order valence-corrected chi connectivity index (χ3v) is 6.93. The average Bonchev–Trinajstić information content (AvgIpc) is 2.68. The molecule has 0 bridgehead atoms. The highest BCUT2D eigenvalue weighted by Crippen LogP contribution is 2.40. The summed E-state index contributed by atoms with van der Waals surface area (Å²) in [4.78, 5) is 2.33. The lowest BCUT2D eigenvalue weighted by Gasteiger charge is -2.48. The van der Waals surface area contributed by atoms with Crippen LogP contribution >= 0.6 is 0 Å². The molecule has 104 valence electrons. The SMILES string of the molecule is O=S1(=O)CCC(N2CCC3(O)CCCCC3C2)C1. The molecule has 18 heavy (non-hydrogen) atoms. The fraction of sp³-hybridized carbons (Fsp3) is 1.00. The number of nitrogens with zero attached hydrogens (tertiary/aromatic N) is 1. The van der Waals surface area contributed by atoms with Crippen molar-refractivity contribution in [3.63, 3.8) is 0 Å². The molecule has 0 radical (unpaired) electrons. The van der Waals surface area contributed by atoms with E-state index in [1.807, 2.05) is 0 Å². The molecule has 5 heteroatoms. The summed E-state index contributed by atoms with van der Waals surface area (Å²) in [5, 5.41) is 10.6. The molecule has 2 heterocycles. The first-order valence-electron chi connectivity index (χ1n) is 7.15. The van der Waals surface area contributed by atoms with Gasteiger partial charge in [-0.05, 0) is 25.7 Å². The van der Waals surface area contributed by atoms with E-state index in [4.69, 9.17) is 0 Å². The van der Waals surface area contributed by atoms with Gasteiger partial charge >= 0.3 is 0 Å². The highest BCUT2D eigenvalue weighted by atomic mass is 32.2. The highest BCUT2D eigenvalue weighted by Gasteiger charge is 2.45. The molecular formula is C13H23NO3S. The second-order valence-electron chi connectivity index (χ2n) is 6.35. The molecule has 0 aromatic rings. The van der Waals surface area contributed by atoms with Gasteiger partial charge in [0.25, 0.3) is 0 Å². The van der Waals surface area contributed by atoms with Crippen molar-refractivity contribution in [1.29, 1.82) is 0 Å². The second-order valence-corrected chi connectivity index (χ2v) is 8.58. The summed E-state index contributed by atoms with van der Waals surface area (Å²) in [5.74, 6) is 1.05. The molecule has 0 spiro atoms. The van der Waals surface area contributed by atoms with E-state index in [2.05, 4.69) is 4.90 Å². The van der Waals surface area contributed by atoms with Gasteiger partial charge in [0.15, 0.2) is 9.84 Å². The zero-order chi connectivity index (χ0) is 12.8. The number of hydrogen-bond acceptors (Lipinski definition) is 4. The van der Waals surface area contributed by atoms with Crippen LogP contribution in [0.25, 0.3) is 0 Å². The van der Waals surface area contributed by atoms with Gasteiger partial charge in [-0.1, -0.05) is 12.8 Å². The molecule has 2 aliphatic heterocycles. The third-order valence-electron chi connectivity index (χ3n) is 5.18. The van der Waals surface area contributed by atoms with Crippen molar-refractivity contribution >= 4 is 9.84 Å². The summed E-state index contributed by atoms with van der Waals surface area (Å²) >= 11 is 0. The first-order chi connectivity index (χ1) is 8.49. The van der Waals surface area contributed by atoms with E-state index in [1.165, 1.54) is 6.42 Å². The Bertz CT molecular complexity index is 422. The number of likely N-dealkylation sites (tertiary alicyclic amines) is 1. The molecule has 2 saturated heterocycles. The monoisotopic (exact) mass is 273 g/mol. The highest BCUT2D eigenvalue weighted by molar-refractivity contribution is 7.91. The van der Waals surface area contributed by atoms with Crippen LogP contribution in [0.4, 0.5) is 0 Å². The number of rotatable bonds is 1. The summed E-state index contributed by atoms with van der Waals surface area (Å²) < 4.78 is 23.1. The normalized spacial score (nSPS) is 44.7. The Balaban J connectivity index is 1.67. The molecule has 1 aliphatic carbocycles. The van der Waals surface area contributed by atoms with E-state index in [-0.39, 0.29) is 6.04 Å². The van der Waals surface area contributed by atoms with Crippen molar-refractivity contribution in [3.8, 4) is 0 Å². The predicted molar refractivity (Wildman–Crippen MR) is 70.2 cm³/mol. The molecule has 3 aliphatic rings. The maximum absolute atomic E-state index is 11.6. The van der Waals surface area contributed by atoms with Crippen molar-refractivity contribution in [1.82, 2.24) is 4.90 Å². The first-order valence-corrected chi connectivity index (χ1v) is 8.98. The van der Waals surface area contributed by atoms with Crippen LogP contribution in [0, 0.1) is 5.92 Å². The largest absolute Gasteiger partial charge is 0.390 e. The second kappa shape index (κ2) is 4.46. The van der Waals surface area contributed by atoms with Crippen LogP contribution in [-0.4, -0.2) is 54.7 Å². The fourth-order valence-corrected chi connectivity index (χ4v) is 5.75. The Morgan fingerprint density at radius 3 is 2.72 bits per heavy atom. The van der Waals surface area contributed by atoms with E-state index in [0.717, 1.165) is 45.2 Å². The summed E-state index contributed by atoms with van der Waals surface area (Å²) in [6, 6.07) is 0.210. The number of fused-ring (bicyclic) bond motifs is 1. The molecule has 0 amide bonds. The number of hydrogen-bond donors (Lipinski definition) is 1. The van der Waals surface area contributed by atoms with Crippen LogP contribution in [0.15, 0.2) is 0 Å². The standard InChI is InChI=1S/C13H23NO3S/c15-13-5-2-1-3-11(13)9-14(7-6-13)12-4-8-18(16,17)10-12/h11-12,15H,1-10H2. The van der Waals surface area contributed by atoms with Gasteiger partial charge in [0.2, 0.25) is 0 Å². The fourth-order valence-electron chi connectivity index (χ4n) is 3.99. The van der Waals surface area contributed by atoms with Gasteiger partial charge in [0.1, 0.15) is 0 Å². The third kappa shape index (κ3) is 2.32. The van der Waals surface area contributed by atoms with Crippen molar-refractivity contribution in [2.24, 2.45) is 5.92 Å². The van der Waals surface area contributed by atoms with Gasteiger partial charge in [-0.25, -0.2) is 8.42 Å². The van der Waals surface area contributed by atoms with E-state index in [9.17, 15) is 13.5 Å². The predicted octanol–water partition coefficient (Wildman–Crippen LogP) is 0.800. The number of piperidine rings is 1. The van der Waals surface area contributed by atoms with Crippen molar-refractivity contribution in [2.75, 3.05) is 24.6 Å². The van der Waals surface area contributed by atoms with Crippen molar-refractivity contribution in [2.45, 2.75) is 50.2 Å². The lowest BCUT2D eigenvalue weighted by Crippen LogP contribution is -2.55. The molecule has 4 nitrogen and oxygen atoms in total. The van der Waals surface area contributed by atoms with Gasteiger partial charge in [0, 0.05) is 25.0 Å². The summed E-state index contributed by atoms with van der Waals surface area (Å²) in [6.07, 6.45) is 6.01. The zero-order valence-electron chi connectivity index (χ0n) is 10.8. The summed E-state index contributed by atoms with van der Waals surface area (Å²) in [7, 11) is -2.79.